The largest absolute Gasteiger partial charge is 0.387 e. The maximum atomic E-state index is 9.53. The Morgan fingerprint density at radius 2 is 1.69 bits per heavy atom. The second-order valence-electron chi connectivity index (χ2n) is 3.75. The molecule has 4 atom stereocenters. The Morgan fingerprint density at radius 1 is 1.15 bits per heavy atom. The predicted molar refractivity (Wildman–Crippen MR) is 44.0 cm³/mol. The molecule has 1 aliphatic rings. The van der Waals surface area contributed by atoms with Gasteiger partial charge in [0.1, 0.15) is 18.3 Å². The van der Waals surface area contributed by atoms with Crippen molar-refractivity contribution in [1.82, 2.24) is 0 Å². The van der Waals surface area contributed by atoms with E-state index in [1.807, 2.05) is 0 Å². The summed E-state index contributed by atoms with van der Waals surface area (Å²) in [5.41, 5.74) is -0.813. The Bertz CT molecular complexity index is 181. The zero-order valence-corrected chi connectivity index (χ0v) is 7.97. The van der Waals surface area contributed by atoms with Crippen molar-refractivity contribution in [3.05, 3.63) is 0 Å². The fourth-order valence-electron chi connectivity index (χ4n) is 1.63. The molecule has 1 unspecified atom stereocenters. The number of hydrogen-bond acceptors (Lipinski definition) is 5. The minimum Gasteiger partial charge on any atom is -0.387 e. The van der Waals surface area contributed by atoms with E-state index in [4.69, 9.17) is 9.47 Å². The summed E-state index contributed by atoms with van der Waals surface area (Å²) in [6, 6.07) is 0. The summed E-state index contributed by atoms with van der Waals surface area (Å²) in [6.45, 7) is 3.36. The van der Waals surface area contributed by atoms with E-state index in [0.717, 1.165) is 0 Å². The van der Waals surface area contributed by atoms with Crippen molar-refractivity contribution in [2.45, 2.75) is 44.1 Å². The third-order valence-corrected chi connectivity index (χ3v) is 2.32. The lowest BCUT2D eigenvalue weighted by Crippen LogP contribution is -2.62. The molecule has 5 nitrogen and oxygen atoms in total. The summed E-state index contributed by atoms with van der Waals surface area (Å²) < 4.78 is 10.1. The highest BCUT2D eigenvalue weighted by Gasteiger charge is 2.48. The molecular weight excluding hydrogens is 176 g/mol. The standard InChI is InChI=1S/C8H16O5/c1-8(2)6(12-3)4(9)5(10)7(11)13-8/h4-7,9-11H,1-3H3/t4-,5+,6-,7?/m1/s1. The highest BCUT2D eigenvalue weighted by atomic mass is 16.7. The van der Waals surface area contributed by atoms with Crippen LogP contribution in [0.15, 0.2) is 0 Å². The third-order valence-electron chi connectivity index (χ3n) is 2.32. The van der Waals surface area contributed by atoms with Gasteiger partial charge in [0.05, 0.1) is 5.60 Å². The van der Waals surface area contributed by atoms with Gasteiger partial charge in [0.25, 0.3) is 0 Å². The molecule has 0 aliphatic carbocycles. The molecule has 0 saturated carbocycles. The average molecular weight is 192 g/mol. The number of ether oxygens (including phenoxy) is 2. The maximum Gasteiger partial charge on any atom is 0.184 e. The van der Waals surface area contributed by atoms with Crippen molar-refractivity contribution >= 4 is 0 Å². The van der Waals surface area contributed by atoms with Crippen molar-refractivity contribution in [2.75, 3.05) is 7.11 Å². The Labute approximate surface area is 76.9 Å². The molecule has 1 aliphatic heterocycles. The van der Waals surface area contributed by atoms with Crippen LogP contribution in [-0.4, -0.2) is 52.6 Å². The summed E-state index contributed by atoms with van der Waals surface area (Å²) in [6.07, 6.45) is -4.47. The molecular formula is C8H16O5. The van der Waals surface area contributed by atoms with Crippen molar-refractivity contribution in [3.8, 4) is 0 Å². The second kappa shape index (κ2) is 3.51. The van der Waals surface area contributed by atoms with E-state index in [1.165, 1.54) is 7.11 Å². The van der Waals surface area contributed by atoms with Gasteiger partial charge in [-0.1, -0.05) is 0 Å². The molecule has 3 N–H and O–H groups in total. The van der Waals surface area contributed by atoms with Crippen LogP contribution in [0.2, 0.25) is 0 Å². The van der Waals surface area contributed by atoms with E-state index in [2.05, 4.69) is 0 Å². The van der Waals surface area contributed by atoms with Crippen LogP contribution in [0.25, 0.3) is 0 Å². The Morgan fingerprint density at radius 3 is 2.15 bits per heavy atom. The molecule has 0 aromatic carbocycles. The molecule has 0 radical (unpaired) electrons. The zero-order chi connectivity index (χ0) is 10.2. The number of aliphatic hydroxyl groups excluding tert-OH is 3. The molecule has 0 amide bonds. The van der Waals surface area contributed by atoms with Gasteiger partial charge in [-0.15, -0.1) is 0 Å². The molecule has 78 valence electrons. The first-order chi connectivity index (χ1) is 5.90. The van der Waals surface area contributed by atoms with E-state index < -0.39 is 30.2 Å². The normalized spacial score (nSPS) is 44.8. The van der Waals surface area contributed by atoms with Gasteiger partial charge in [-0.2, -0.15) is 0 Å². The van der Waals surface area contributed by atoms with Gasteiger partial charge in [-0.3, -0.25) is 0 Å². The van der Waals surface area contributed by atoms with Crippen LogP contribution in [0.3, 0.4) is 0 Å². The number of hydrogen-bond donors (Lipinski definition) is 3. The van der Waals surface area contributed by atoms with Crippen molar-refractivity contribution in [3.63, 3.8) is 0 Å². The van der Waals surface area contributed by atoms with E-state index >= 15 is 0 Å². The van der Waals surface area contributed by atoms with Gasteiger partial charge >= 0.3 is 0 Å². The van der Waals surface area contributed by atoms with Gasteiger partial charge in [0.15, 0.2) is 6.29 Å². The van der Waals surface area contributed by atoms with Crippen LogP contribution in [0.5, 0.6) is 0 Å². The number of aliphatic hydroxyl groups is 3. The lowest BCUT2D eigenvalue weighted by Gasteiger charge is -2.45. The lowest BCUT2D eigenvalue weighted by atomic mass is 9.90. The van der Waals surface area contributed by atoms with Gasteiger partial charge in [-0.05, 0) is 13.8 Å². The molecule has 1 rings (SSSR count). The van der Waals surface area contributed by atoms with E-state index in [9.17, 15) is 15.3 Å². The smallest absolute Gasteiger partial charge is 0.184 e. The highest BCUT2D eigenvalue weighted by molar-refractivity contribution is 4.95. The van der Waals surface area contributed by atoms with Crippen molar-refractivity contribution in [2.24, 2.45) is 0 Å². The maximum absolute atomic E-state index is 9.53. The molecule has 13 heavy (non-hydrogen) atoms. The first-order valence-corrected chi connectivity index (χ1v) is 4.15. The quantitative estimate of drug-likeness (QED) is 0.489. The summed E-state index contributed by atoms with van der Waals surface area (Å²) in [5, 5.41) is 28.0. The van der Waals surface area contributed by atoms with Gasteiger partial charge in [-0.25, -0.2) is 0 Å². The molecule has 5 heteroatoms. The summed E-state index contributed by atoms with van der Waals surface area (Å²) in [7, 11) is 1.42. The van der Waals surface area contributed by atoms with E-state index in [1.54, 1.807) is 13.8 Å². The summed E-state index contributed by atoms with van der Waals surface area (Å²) >= 11 is 0. The fraction of sp³-hybridized carbons (Fsp3) is 1.00. The Hall–Kier alpha value is -0.200. The first-order valence-electron chi connectivity index (χ1n) is 4.15. The summed E-state index contributed by atoms with van der Waals surface area (Å²) in [5.74, 6) is 0. The Balaban J connectivity index is 2.82. The van der Waals surface area contributed by atoms with Crippen LogP contribution in [0, 0.1) is 0 Å². The van der Waals surface area contributed by atoms with Crippen molar-refractivity contribution in [1.29, 1.82) is 0 Å². The topological polar surface area (TPSA) is 79.2 Å². The Kier molecular flexibility index (Phi) is 2.94. The molecule has 0 spiro atoms. The molecule has 1 fully saturated rings. The van der Waals surface area contributed by atoms with Gasteiger partial charge in [0, 0.05) is 7.11 Å². The van der Waals surface area contributed by atoms with Gasteiger partial charge in [0.2, 0.25) is 0 Å². The van der Waals surface area contributed by atoms with Crippen LogP contribution >= 0.6 is 0 Å². The first kappa shape index (κ1) is 10.9. The monoisotopic (exact) mass is 192 g/mol. The third kappa shape index (κ3) is 1.84. The zero-order valence-electron chi connectivity index (χ0n) is 7.97. The van der Waals surface area contributed by atoms with Crippen LogP contribution in [0.4, 0.5) is 0 Å². The second-order valence-corrected chi connectivity index (χ2v) is 3.75. The van der Waals surface area contributed by atoms with Gasteiger partial charge < -0.3 is 24.8 Å². The van der Waals surface area contributed by atoms with Crippen molar-refractivity contribution < 1.29 is 24.8 Å². The molecule has 0 bridgehead atoms. The van der Waals surface area contributed by atoms with E-state index in [-0.39, 0.29) is 0 Å². The molecule has 0 aromatic rings. The molecule has 1 heterocycles. The summed E-state index contributed by atoms with van der Waals surface area (Å²) in [4.78, 5) is 0. The molecule has 1 saturated heterocycles. The van der Waals surface area contributed by atoms with Crippen LogP contribution in [-0.2, 0) is 9.47 Å². The minimum absolute atomic E-state index is 0.647. The fourth-order valence-corrected chi connectivity index (χ4v) is 1.63. The lowest BCUT2D eigenvalue weighted by molar-refractivity contribution is -0.314. The highest BCUT2D eigenvalue weighted by Crippen LogP contribution is 2.30. The number of rotatable bonds is 1. The van der Waals surface area contributed by atoms with Crippen LogP contribution in [0.1, 0.15) is 13.8 Å². The average Bonchev–Trinajstić information content (AvgIpc) is 2.00. The SMILES string of the molecule is CO[C@@H]1[C@H](O)[C@H](O)C(O)OC1(C)C. The molecule has 0 aromatic heterocycles. The number of methoxy groups -OCH3 is 1. The van der Waals surface area contributed by atoms with Crippen LogP contribution < -0.4 is 0 Å². The predicted octanol–water partition coefficient (Wildman–Crippen LogP) is -1.15. The minimum atomic E-state index is -1.36. The van der Waals surface area contributed by atoms with E-state index in [0.29, 0.717) is 0 Å².